The Morgan fingerprint density at radius 3 is 2.67 bits per heavy atom. The number of carbonyl (C=O) groups excluding carboxylic acids is 1. The number of likely N-dealkylation sites (tertiary alicyclic amines) is 1. The lowest BCUT2D eigenvalue weighted by molar-refractivity contribution is -0.114. The fraction of sp³-hybridized carbons (Fsp3) is 0.421. The van der Waals surface area contributed by atoms with Crippen LogP contribution in [0.15, 0.2) is 29.8 Å². The molecule has 0 N–H and O–H groups in total. The number of ketones is 1. The molecule has 2 nitrogen and oxygen atoms in total. The molecule has 2 fully saturated rings. The van der Waals surface area contributed by atoms with Gasteiger partial charge >= 0.3 is 0 Å². The number of hydrogen-bond acceptors (Lipinski definition) is 2. The molecule has 0 radical (unpaired) electrons. The van der Waals surface area contributed by atoms with Crippen LogP contribution in [-0.4, -0.2) is 23.8 Å². The van der Waals surface area contributed by atoms with Crippen molar-refractivity contribution in [1.82, 2.24) is 4.90 Å². The summed E-state index contributed by atoms with van der Waals surface area (Å²) in [5.74, 6) is 2.77. The number of nitrogens with zero attached hydrogens (tertiary/aromatic N) is 1. The molecule has 1 aromatic carbocycles. The Hall–Kier alpha value is -2.01. The highest BCUT2D eigenvalue weighted by atomic mass is 16.1. The lowest BCUT2D eigenvalue weighted by Gasteiger charge is -2.39. The van der Waals surface area contributed by atoms with E-state index in [1.165, 1.54) is 31.2 Å². The maximum Gasteiger partial charge on any atom is 0.177 e. The molecule has 0 bridgehead atoms. The second-order valence-electron chi connectivity index (χ2n) is 6.65. The van der Waals surface area contributed by atoms with Gasteiger partial charge in [0.15, 0.2) is 5.78 Å². The first kappa shape index (κ1) is 12.7. The molecule has 4 rings (SSSR count). The zero-order valence-electron chi connectivity index (χ0n) is 12.2. The predicted molar refractivity (Wildman–Crippen MR) is 83.4 cm³/mol. The smallest absolute Gasteiger partial charge is 0.177 e. The highest BCUT2D eigenvalue weighted by Gasteiger charge is 2.44. The molecule has 0 amide bonds. The van der Waals surface area contributed by atoms with Crippen LogP contribution in [0, 0.1) is 17.8 Å². The maximum atomic E-state index is 12.4. The van der Waals surface area contributed by atoms with Gasteiger partial charge in [0.25, 0.3) is 0 Å². The summed E-state index contributed by atoms with van der Waals surface area (Å²) in [7, 11) is 0. The van der Waals surface area contributed by atoms with Crippen molar-refractivity contribution in [3.63, 3.8) is 0 Å². The Kier molecular flexibility index (Phi) is 2.72. The van der Waals surface area contributed by atoms with Gasteiger partial charge in [0.2, 0.25) is 0 Å². The molecule has 3 aliphatic rings. The number of terminal acetylenes is 1. The molecule has 0 aromatic heterocycles. The van der Waals surface area contributed by atoms with E-state index in [1.54, 1.807) is 0 Å². The number of hydrogen-bond donors (Lipinski definition) is 0. The number of benzene rings is 1. The first-order chi connectivity index (χ1) is 10.2. The SMILES string of the molecule is C#CC1=C(N2CCC3(CCC3)C2)c2ccccc2CC1=O. The average molecular weight is 277 g/mol. The van der Waals surface area contributed by atoms with Gasteiger partial charge in [-0.05, 0) is 30.2 Å². The van der Waals surface area contributed by atoms with E-state index < -0.39 is 0 Å². The first-order valence-corrected chi connectivity index (χ1v) is 7.80. The number of allylic oxidation sites excluding steroid dienone is 1. The van der Waals surface area contributed by atoms with E-state index in [1.807, 2.05) is 12.1 Å². The fourth-order valence-corrected chi connectivity index (χ4v) is 4.12. The Morgan fingerprint density at radius 1 is 1.19 bits per heavy atom. The predicted octanol–water partition coefficient (Wildman–Crippen LogP) is 3.03. The summed E-state index contributed by atoms with van der Waals surface area (Å²) in [6, 6.07) is 8.20. The molecule has 2 aliphatic carbocycles. The second kappa shape index (κ2) is 4.49. The van der Waals surface area contributed by atoms with Gasteiger partial charge in [-0.25, -0.2) is 0 Å². The van der Waals surface area contributed by atoms with Gasteiger partial charge in [-0.3, -0.25) is 4.79 Å². The van der Waals surface area contributed by atoms with E-state index in [-0.39, 0.29) is 5.78 Å². The monoisotopic (exact) mass is 277 g/mol. The molecule has 1 heterocycles. The third-order valence-electron chi connectivity index (χ3n) is 5.45. The summed E-state index contributed by atoms with van der Waals surface area (Å²) < 4.78 is 0. The summed E-state index contributed by atoms with van der Waals surface area (Å²) in [6.07, 6.45) is 11.4. The van der Waals surface area contributed by atoms with Crippen molar-refractivity contribution in [2.45, 2.75) is 32.1 Å². The van der Waals surface area contributed by atoms with Crippen LogP contribution in [0.25, 0.3) is 5.70 Å². The standard InChI is InChI=1S/C19H19NO/c1-2-15-17(21)12-14-6-3-4-7-16(14)18(15)20-11-10-19(13-20)8-5-9-19/h1,3-4,6-7H,5,8-13H2. The van der Waals surface area contributed by atoms with Crippen molar-refractivity contribution in [2.75, 3.05) is 13.1 Å². The molecular weight excluding hydrogens is 258 g/mol. The molecule has 2 heteroatoms. The van der Waals surface area contributed by atoms with Crippen LogP contribution in [0.4, 0.5) is 0 Å². The third-order valence-corrected chi connectivity index (χ3v) is 5.45. The van der Waals surface area contributed by atoms with Gasteiger partial charge in [0.05, 0.1) is 11.3 Å². The van der Waals surface area contributed by atoms with Crippen molar-refractivity contribution < 1.29 is 4.79 Å². The van der Waals surface area contributed by atoms with Crippen LogP contribution in [0.2, 0.25) is 0 Å². The number of Topliss-reactive ketones (excluding diaryl/α,β-unsaturated/α-hetero) is 1. The Labute approximate surface area is 125 Å². The minimum atomic E-state index is 0.0979. The first-order valence-electron chi connectivity index (χ1n) is 7.80. The van der Waals surface area contributed by atoms with E-state index in [9.17, 15) is 4.79 Å². The van der Waals surface area contributed by atoms with Gasteiger partial charge < -0.3 is 4.90 Å². The quantitative estimate of drug-likeness (QED) is 0.735. The van der Waals surface area contributed by atoms with Crippen molar-refractivity contribution in [1.29, 1.82) is 0 Å². The van der Waals surface area contributed by atoms with Gasteiger partial charge in [0.1, 0.15) is 0 Å². The topological polar surface area (TPSA) is 20.3 Å². The lowest BCUT2D eigenvalue weighted by atomic mass is 9.68. The van der Waals surface area contributed by atoms with Crippen LogP contribution in [0.1, 0.15) is 36.8 Å². The molecular formula is C19H19NO. The number of rotatable bonds is 1. The van der Waals surface area contributed by atoms with Crippen molar-refractivity contribution in [3.8, 4) is 12.3 Å². The Morgan fingerprint density at radius 2 is 2.00 bits per heavy atom. The summed E-state index contributed by atoms with van der Waals surface area (Å²) >= 11 is 0. The molecule has 1 saturated heterocycles. The van der Waals surface area contributed by atoms with E-state index in [0.717, 1.165) is 24.4 Å². The number of carbonyl (C=O) groups is 1. The Bertz CT molecular complexity index is 688. The van der Waals surface area contributed by atoms with Crippen LogP contribution in [0.5, 0.6) is 0 Å². The summed E-state index contributed by atoms with van der Waals surface area (Å²) in [5, 5.41) is 0. The zero-order valence-corrected chi connectivity index (χ0v) is 12.2. The van der Waals surface area contributed by atoms with Crippen LogP contribution >= 0.6 is 0 Å². The van der Waals surface area contributed by atoms with Crippen molar-refractivity contribution in [2.24, 2.45) is 5.41 Å². The third kappa shape index (κ3) is 1.84. The molecule has 1 spiro atoms. The summed E-state index contributed by atoms with van der Waals surface area (Å²) in [5.41, 5.74) is 4.40. The molecule has 1 aliphatic heterocycles. The average Bonchev–Trinajstić information content (AvgIpc) is 2.91. The minimum Gasteiger partial charge on any atom is -0.369 e. The van der Waals surface area contributed by atoms with E-state index in [0.29, 0.717) is 17.4 Å². The molecule has 0 atom stereocenters. The highest BCUT2D eigenvalue weighted by Crippen LogP contribution is 2.50. The maximum absolute atomic E-state index is 12.4. The Balaban J connectivity index is 1.80. The molecule has 1 saturated carbocycles. The van der Waals surface area contributed by atoms with Gasteiger partial charge in [-0.2, -0.15) is 0 Å². The van der Waals surface area contributed by atoms with Crippen LogP contribution < -0.4 is 0 Å². The molecule has 0 unspecified atom stereocenters. The van der Waals surface area contributed by atoms with Gasteiger partial charge in [-0.15, -0.1) is 6.42 Å². The molecule has 21 heavy (non-hydrogen) atoms. The van der Waals surface area contributed by atoms with Crippen molar-refractivity contribution >= 4 is 11.5 Å². The highest BCUT2D eigenvalue weighted by molar-refractivity contribution is 6.10. The molecule has 106 valence electrons. The van der Waals surface area contributed by atoms with Crippen LogP contribution in [-0.2, 0) is 11.2 Å². The lowest BCUT2D eigenvalue weighted by Crippen LogP contribution is -2.34. The largest absolute Gasteiger partial charge is 0.369 e. The summed E-state index contributed by atoms with van der Waals surface area (Å²) in [4.78, 5) is 14.8. The van der Waals surface area contributed by atoms with Gasteiger partial charge in [-0.1, -0.05) is 36.6 Å². The fourth-order valence-electron chi connectivity index (χ4n) is 4.12. The summed E-state index contributed by atoms with van der Waals surface area (Å²) in [6.45, 7) is 2.09. The normalized spacial score (nSPS) is 23.0. The second-order valence-corrected chi connectivity index (χ2v) is 6.65. The van der Waals surface area contributed by atoms with Crippen LogP contribution in [0.3, 0.4) is 0 Å². The van der Waals surface area contributed by atoms with E-state index >= 15 is 0 Å². The number of fused-ring (bicyclic) bond motifs is 1. The zero-order chi connectivity index (χ0) is 14.4. The van der Waals surface area contributed by atoms with E-state index in [2.05, 4.69) is 23.0 Å². The minimum absolute atomic E-state index is 0.0979. The van der Waals surface area contributed by atoms with Crippen molar-refractivity contribution in [3.05, 3.63) is 41.0 Å². The van der Waals surface area contributed by atoms with E-state index in [4.69, 9.17) is 6.42 Å². The molecule has 1 aromatic rings. The van der Waals surface area contributed by atoms with Gasteiger partial charge in [0, 0.05) is 25.1 Å².